The summed E-state index contributed by atoms with van der Waals surface area (Å²) < 4.78 is 0. The number of carbonyl (C=O) groups excluding carboxylic acids is 1. The highest BCUT2D eigenvalue weighted by Gasteiger charge is 2.01. The molecular weight excluding hydrogens is 148 g/mol. The zero-order valence-corrected chi connectivity index (χ0v) is 7.21. The van der Waals surface area contributed by atoms with E-state index >= 15 is 0 Å². The average molecular weight is 160 g/mol. The second-order valence-corrected chi connectivity index (χ2v) is 2.76. The number of benzene rings is 1. The summed E-state index contributed by atoms with van der Waals surface area (Å²) in [6, 6.07) is 5.86. The molecular formula is C11H12O. The van der Waals surface area contributed by atoms with Gasteiger partial charge in [0.2, 0.25) is 0 Å². The molecule has 1 nitrogen and oxygen atoms in total. The first-order valence-electron chi connectivity index (χ1n) is 3.94. The fraction of sp³-hybridized carbons (Fsp3) is 0.182. The fourth-order valence-corrected chi connectivity index (χ4v) is 1.24. The number of carbonyl (C=O) groups is 1. The van der Waals surface area contributed by atoms with Gasteiger partial charge in [-0.2, -0.15) is 0 Å². The van der Waals surface area contributed by atoms with E-state index in [2.05, 4.69) is 6.58 Å². The Labute approximate surface area is 72.7 Å². The van der Waals surface area contributed by atoms with Crippen LogP contribution in [0.1, 0.15) is 21.5 Å². The molecule has 0 aliphatic carbocycles. The minimum absolute atomic E-state index is 0.760. The van der Waals surface area contributed by atoms with Crippen LogP contribution in [0.3, 0.4) is 0 Å². The molecule has 0 saturated heterocycles. The van der Waals surface area contributed by atoms with E-state index in [1.807, 2.05) is 31.2 Å². The second kappa shape index (κ2) is 3.86. The van der Waals surface area contributed by atoms with Gasteiger partial charge >= 0.3 is 0 Å². The Morgan fingerprint density at radius 2 is 2.25 bits per heavy atom. The van der Waals surface area contributed by atoms with Gasteiger partial charge in [-0.1, -0.05) is 24.3 Å². The molecule has 0 amide bonds. The summed E-state index contributed by atoms with van der Waals surface area (Å²) in [5.74, 6) is 0. The van der Waals surface area contributed by atoms with E-state index in [0.29, 0.717) is 0 Å². The van der Waals surface area contributed by atoms with Gasteiger partial charge < -0.3 is 0 Å². The van der Waals surface area contributed by atoms with Gasteiger partial charge in [0.25, 0.3) is 0 Å². The van der Waals surface area contributed by atoms with E-state index in [1.165, 1.54) is 0 Å². The molecule has 0 spiro atoms. The highest BCUT2D eigenvalue weighted by molar-refractivity contribution is 5.79. The number of allylic oxidation sites excluding steroid dienone is 1. The van der Waals surface area contributed by atoms with E-state index in [-0.39, 0.29) is 0 Å². The molecule has 1 aromatic rings. The number of hydrogen-bond donors (Lipinski definition) is 0. The Balaban J connectivity index is 3.17. The van der Waals surface area contributed by atoms with E-state index in [9.17, 15) is 4.79 Å². The fourth-order valence-electron chi connectivity index (χ4n) is 1.24. The van der Waals surface area contributed by atoms with Crippen LogP contribution < -0.4 is 0 Å². The molecule has 1 heteroatoms. The van der Waals surface area contributed by atoms with E-state index in [4.69, 9.17) is 0 Å². The summed E-state index contributed by atoms with van der Waals surface area (Å²) in [6.07, 6.45) is 3.48. The monoisotopic (exact) mass is 160 g/mol. The zero-order chi connectivity index (χ0) is 8.97. The topological polar surface area (TPSA) is 17.1 Å². The lowest BCUT2D eigenvalue weighted by atomic mass is 10.0. The van der Waals surface area contributed by atoms with Crippen molar-refractivity contribution < 1.29 is 4.79 Å². The molecule has 62 valence electrons. The normalized spacial score (nSPS) is 9.42. The van der Waals surface area contributed by atoms with Gasteiger partial charge in [0.15, 0.2) is 6.29 Å². The predicted octanol–water partition coefficient (Wildman–Crippen LogP) is 2.54. The van der Waals surface area contributed by atoms with Crippen molar-refractivity contribution in [3.8, 4) is 0 Å². The van der Waals surface area contributed by atoms with Crippen LogP contribution in [0, 0.1) is 6.92 Å². The van der Waals surface area contributed by atoms with Gasteiger partial charge in [0, 0.05) is 5.56 Å². The molecule has 0 fully saturated rings. The number of hydrogen-bond acceptors (Lipinski definition) is 1. The highest BCUT2D eigenvalue weighted by atomic mass is 16.1. The number of rotatable bonds is 3. The summed E-state index contributed by atoms with van der Waals surface area (Å²) in [5, 5.41) is 0. The van der Waals surface area contributed by atoms with Gasteiger partial charge in [-0.05, 0) is 24.5 Å². The van der Waals surface area contributed by atoms with Crippen LogP contribution in [0.4, 0.5) is 0 Å². The third kappa shape index (κ3) is 1.62. The molecule has 0 N–H and O–H groups in total. The molecule has 0 aliphatic rings. The zero-order valence-electron chi connectivity index (χ0n) is 7.21. The Bertz CT molecular complexity index is 300. The first-order valence-corrected chi connectivity index (χ1v) is 3.94. The number of aldehydes is 1. The number of aryl methyl sites for hydroxylation is 1. The lowest BCUT2D eigenvalue weighted by molar-refractivity contribution is 0.112. The molecule has 0 radical (unpaired) electrons. The maximum absolute atomic E-state index is 10.7. The molecule has 1 rings (SSSR count). The first kappa shape index (κ1) is 8.72. The Morgan fingerprint density at radius 3 is 2.83 bits per heavy atom. The predicted molar refractivity (Wildman–Crippen MR) is 50.5 cm³/mol. The molecule has 12 heavy (non-hydrogen) atoms. The lowest BCUT2D eigenvalue weighted by Crippen LogP contribution is -1.93. The van der Waals surface area contributed by atoms with Crippen molar-refractivity contribution in [2.24, 2.45) is 0 Å². The molecule has 0 atom stereocenters. The standard InChI is InChI=1S/C11H12O/c1-3-5-10-7-4-6-9(2)11(10)8-12/h3-4,6-8H,1,5H2,2H3. The van der Waals surface area contributed by atoms with Crippen molar-refractivity contribution in [2.75, 3.05) is 0 Å². The Kier molecular flexibility index (Phi) is 2.81. The minimum atomic E-state index is 0.760. The van der Waals surface area contributed by atoms with Crippen molar-refractivity contribution in [1.82, 2.24) is 0 Å². The minimum Gasteiger partial charge on any atom is -0.298 e. The van der Waals surface area contributed by atoms with Crippen molar-refractivity contribution in [2.45, 2.75) is 13.3 Å². The largest absolute Gasteiger partial charge is 0.298 e. The third-order valence-corrected chi connectivity index (χ3v) is 1.90. The SMILES string of the molecule is C=CCc1cccc(C)c1C=O. The van der Waals surface area contributed by atoms with Crippen LogP contribution >= 0.6 is 0 Å². The summed E-state index contributed by atoms with van der Waals surface area (Å²) in [6.45, 7) is 5.59. The average Bonchev–Trinajstić information content (AvgIpc) is 2.05. The maximum atomic E-state index is 10.7. The molecule has 0 aromatic heterocycles. The van der Waals surface area contributed by atoms with E-state index in [0.717, 1.165) is 29.4 Å². The Hall–Kier alpha value is -1.37. The first-order chi connectivity index (χ1) is 5.79. The van der Waals surface area contributed by atoms with Gasteiger partial charge in [-0.3, -0.25) is 4.79 Å². The van der Waals surface area contributed by atoms with E-state index in [1.54, 1.807) is 0 Å². The van der Waals surface area contributed by atoms with Crippen LogP contribution in [0.2, 0.25) is 0 Å². The van der Waals surface area contributed by atoms with Crippen LogP contribution in [-0.2, 0) is 6.42 Å². The van der Waals surface area contributed by atoms with E-state index < -0.39 is 0 Å². The maximum Gasteiger partial charge on any atom is 0.150 e. The summed E-state index contributed by atoms with van der Waals surface area (Å²) >= 11 is 0. The quantitative estimate of drug-likeness (QED) is 0.490. The smallest absolute Gasteiger partial charge is 0.150 e. The molecule has 1 aromatic carbocycles. The van der Waals surface area contributed by atoms with Crippen molar-refractivity contribution in [3.63, 3.8) is 0 Å². The summed E-state index contributed by atoms with van der Waals surface area (Å²) in [7, 11) is 0. The third-order valence-electron chi connectivity index (χ3n) is 1.90. The van der Waals surface area contributed by atoms with Crippen LogP contribution in [-0.4, -0.2) is 6.29 Å². The molecule has 0 saturated carbocycles. The second-order valence-electron chi connectivity index (χ2n) is 2.76. The van der Waals surface area contributed by atoms with Gasteiger partial charge in [-0.25, -0.2) is 0 Å². The van der Waals surface area contributed by atoms with Crippen LogP contribution in [0.25, 0.3) is 0 Å². The summed E-state index contributed by atoms with van der Waals surface area (Å²) in [4.78, 5) is 10.7. The van der Waals surface area contributed by atoms with Crippen molar-refractivity contribution >= 4 is 6.29 Å². The molecule has 0 heterocycles. The lowest BCUT2D eigenvalue weighted by Gasteiger charge is -2.03. The Morgan fingerprint density at radius 1 is 1.50 bits per heavy atom. The molecule has 0 aliphatic heterocycles. The van der Waals surface area contributed by atoms with Crippen LogP contribution in [0.15, 0.2) is 30.9 Å². The van der Waals surface area contributed by atoms with Gasteiger partial charge in [0.1, 0.15) is 0 Å². The van der Waals surface area contributed by atoms with Crippen LogP contribution in [0.5, 0.6) is 0 Å². The highest BCUT2D eigenvalue weighted by Crippen LogP contribution is 2.12. The van der Waals surface area contributed by atoms with Gasteiger partial charge in [0.05, 0.1) is 0 Å². The molecule has 0 bridgehead atoms. The van der Waals surface area contributed by atoms with Crippen molar-refractivity contribution in [1.29, 1.82) is 0 Å². The van der Waals surface area contributed by atoms with Crippen molar-refractivity contribution in [3.05, 3.63) is 47.5 Å². The summed E-state index contributed by atoms with van der Waals surface area (Å²) in [5.41, 5.74) is 2.89. The molecule has 0 unspecified atom stereocenters. The van der Waals surface area contributed by atoms with Gasteiger partial charge in [-0.15, -0.1) is 6.58 Å².